The monoisotopic (exact) mass is 429 g/mol. The summed E-state index contributed by atoms with van der Waals surface area (Å²) in [5.74, 6) is 0. The second kappa shape index (κ2) is 10.0. The van der Waals surface area contributed by atoms with Crippen molar-refractivity contribution in [3.8, 4) is 0 Å². The number of hydrogen-bond acceptors (Lipinski definition) is 3. The van der Waals surface area contributed by atoms with E-state index in [1.165, 1.54) is 4.90 Å². The molecule has 0 aliphatic rings. The number of para-hydroxylation sites is 1. The number of halogens is 2. The van der Waals surface area contributed by atoms with Gasteiger partial charge in [0.1, 0.15) is 5.04 Å². The maximum atomic E-state index is 6.17. The van der Waals surface area contributed by atoms with E-state index in [0.29, 0.717) is 10.0 Å². The molecule has 3 aromatic carbocycles. The van der Waals surface area contributed by atoms with Gasteiger partial charge in [0.2, 0.25) is 0 Å². The lowest BCUT2D eigenvalue weighted by atomic mass is 10.3. The van der Waals surface area contributed by atoms with Crippen LogP contribution in [0.3, 0.4) is 0 Å². The molecule has 27 heavy (non-hydrogen) atoms. The quantitative estimate of drug-likeness (QED) is 0.228. The number of benzene rings is 3. The molecule has 0 bridgehead atoms. The highest BCUT2D eigenvalue weighted by atomic mass is 35.5. The minimum absolute atomic E-state index is 0.543. The van der Waals surface area contributed by atoms with E-state index in [9.17, 15) is 0 Å². The molecule has 3 rings (SSSR count). The normalized spacial score (nSPS) is 12.3. The fraction of sp³-hybridized carbons (Fsp3) is 0.0455. The van der Waals surface area contributed by atoms with Gasteiger partial charge in [0.25, 0.3) is 0 Å². The van der Waals surface area contributed by atoms with Gasteiger partial charge in [-0.15, -0.1) is 0 Å². The fourth-order valence-electron chi connectivity index (χ4n) is 2.17. The standard InChI is InChI=1S/C22H17Cl2NS2/c1-16(15-26-18-10-6-3-7-11-18)22(25-17-8-4-2-5-9-17)27-19-12-13-20(23)21(24)14-19/h2-15H,1H3/b16-15+,25-22-. The summed E-state index contributed by atoms with van der Waals surface area (Å²) >= 11 is 15.5. The van der Waals surface area contributed by atoms with Crippen LogP contribution in [0.5, 0.6) is 0 Å². The molecule has 0 atom stereocenters. The minimum Gasteiger partial charge on any atom is -0.241 e. The summed E-state index contributed by atoms with van der Waals surface area (Å²) in [5.41, 5.74) is 2.00. The molecule has 0 heterocycles. The molecule has 0 radical (unpaired) electrons. The predicted octanol–water partition coefficient (Wildman–Crippen LogP) is 8.51. The van der Waals surface area contributed by atoms with E-state index in [1.54, 1.807) is 23.5 Å². The Bertz CT molecular complexity index is 955. The van der Waals surface area contributed by atoms with Crippen LogP contribution in [0.4, 0.5) is 5.69 Å². The van der Waals surface area contributed by atoms with Gasteiger partial charge >= 0.3 is 0 Å². The summed E-state index contributed by atoms with van der Waals surface area (Å²) < 4.78 is 0. The van der Waals surface area contributed by atoms with Gasteiger partial charge in [-0.2, -0.15) is 0 Å². The molecule has 0 N–H and O–H groups in total. The number of rotatable bonds is 5. The topological polar surface area (TPSA) is 12.4 Å². The Morgan fingerprint density at radius 1 is 0.815 bits per heavy atom. The first kappa shape index (κ1) is 20.1. The zero-order valence-electron chi connectivity index (χ0n) is 14.6. The average Bonchev–Trinajstić information content (AvgIpc) is 2.70. The Kier molecular flexibility index (Phi) is 7.48. The van der Waals surface area contributed by atoms with Gasteiger partial charge in [-0.05, 0) is 60.4 Å². The first-order valence-electron chi connectivity index (χ1n) is 8.27. The number of thioether (sulfide) groups is 2. The van der Waals surface area contributed by atoms with Gasteiger partial charge in [0.05, 0.1) is 15.7 Å². The van der Waals surface area contributed by atoms with Gasteiger partial charge in [-0.25, -0.2) is 4.99 Å². The molecule has 0 saturated heterocycles. The third kappa shape index (κ3) is 6.18. The SMILES string of the molecule is CC(=C\Sc1ccccc1)/C(=N/c1ccccc1)Sc1ccc(Cl)c(Cl)c1. The molecular weight excluding hydrogens is 413 g/mol. The van der Waals surface area contributed by atoms with Crippen LogP contribution in [0.15, 0.2) is 105 Å². The van der Waals surface area contributed by atoms with Crippen molar-refractivity contribution in [2.75, 3.05) is 0 Å². The first-order chi connectivity index (χ1) is 13.1. The Labute approximate surface area is 178 Å². The molecule has 0 unspecified atom stereocenters. The zero-order chi connectivity index (χ0) is 19.1. The summed E-state index contributed by atoms with van der Waals surface area (Å²) in [4.78, 5) is 7.03. The van der Waals surface area contributed by atoms with Crippen LogP contribution in [0.2, 0.25) is 10.0 Å². The van der Waals surface area contributed by atoms with E-state index in [4.69, 9.17) is 28.2 Å². The van der Waals surface area contributed by atoms with Crippen molar-refractivity contribution in [2.24, 2.45) is 4.99 Å². The highest BCUT2D eigenvalue weighted by molar-refractivity contribution is 8.14. The van der Waals surface area contributed by atoms with Gasteiger partial charge in [0, 0.05) is 9.79 Å². The molecule has 0 aromatic heterocycles. The van der Waals surface area contributed by atoms with Crippen molar-refractivity contribution in [2.45, 2.75) is 16.7 Å². The van der Waals surface area contributed by atoms with Crippen LogP contribution in [-0.4, -0.2) is 5.04 Å². The van der Waals surface area contributed by atoms with Crippen LogP contribution >= 0.6 is 46.7 Å². The third-order valence-electron chi connectivity index (χ3n) is 3.54. The lowest BCUT2D eigenvalue weighted by molar-refractivity contribution is 1.46. The summed E-state index contributed by atoms with van der Waals surface area (Å²) in [6.45, 7) is 2.07. The van der Waals surface area contributed by atoms with E-state index >= 15 is 0 Å². The van der Waals surface area contributed by atoms with Gasteiger partial charge in [0.15, 0.2) is 0 Å². The molecule has 0 amide bonds. The van der Waals surface area contributed by atoms with Crippen LogP contribution in [0.1, 0.15) is 6.92 Å². The zero-order valence-corrected chi connectivity index (χ0v) is 17.7. The molecule has 136 valence electrons. The Hall–Kier alpha value is -1.65. The lowest BCUT2D eigenvalue weighted by Crippen LogP contribution is -1.94. The smallest absolute Gasteiger partial charge is 0.105 e. The van der Waals surface area contributed by atoms with Gasteiger partial charge < -0.3 is 0 Å². The van der Waals surface area contributed by atoms with E-state index in [1.807, 2.05) is 66.7 Å². The summed E-state index contributed by atoms with van der Waals surface area (Å²) in [7, 11) is 0. The fourth-order valence-corrected chi connectivity index (χ4v) is 4.25. The molecule has 1 nitrogen and oxygen atoms in total. The average molecular weight is 430 g/mol. The lowest BCUT2D eigenvalue weighted by Gasteiger charge is -2.09. The minimum atomic E-state index is 0.543. The molecule has 3 aromatic rings. The summed E-state index contributed by atoms with van der Waals surface area (Å²) in [6.07, 6.45) is 0. The third-order valence-corrected chi connectivity index (χ3v) is 6.40. The van der Waals surface area contributed by atoms with Crippen molar-refractivity contribution in [1.82, 2.24) is 0 Å². The highest BCUT2D eigenvalue weighted by Gasteiger charge is 2.08. The predicted molar refractivity (Wildman–Crippen MR) is 122 cm³/mol. The molecule has 0 aliphatic heterocycles. The molecule has 5 heteroatoms. The largest absolute Gasteiger partial charge is 0.241 e. The number of hydrogen-bond donors (Lipinski definition) is 0. The van der Waals surface area contributed by atoms with E-state index < -0.39 is 0 Å². The molecule has 0 fully saturated rings. The first-order valence-corrected chi connectivity index (χ1v) is 10.7. The Morgan fingerprint density at radius 2 is 1.48 bits per heavy atom. The van der Waals surface area contributed by atoms with Crippen molar-refractivity contribution in [1.29, 1.82) is 0 Å². The highest BCUT2D eigenvalue weighted by Crippen LogP contribution is 2.32. The number of aliphatic imine (C=N–C) groups is 1. The van der Waals surface area contributed by atoms with E-state index in [2.05, 4.69) is 24.5 Å². The van der Waals surface area contributed by atoms with Crippen molar-refractivity contribution < 1.29 is 0 Å². The second-order valence-electron chi connectivity index (χ2n) is 5.66. The van der Waals surface area contributed by atoms with Crippen LogP contribution < -0.4 is 0 Å². The van der Waals surface area contributed by atoms with Gasteiger partial charge in [-0.1, -0.05) is 83.1 Å². The summed E-state index contributed by atoms with van der Waals surface area (Å²) in [5, 5.41) is 4.14. The molecular formula is C22H17Cl2NS2. The Balaban J connectivity index is 1.89. The van der Waals surface area contributed by atoms with E-state index in [0.717, 1.165) is 21.2 Å². The Morgan fingerprint density at radius 3 is 2.15 bits per heavy atom. The van der Waals surface area contributed by atoms with Crippen molar-refractivity contribution >= 4 is 57.5 Å². The van der Waals surface area contributed by atoms with Crippen molar-refractivity contribution in [3.63, 3.8) is 0 Å². The van der Waals surface area contributed by atoms with Crippen LogP contribution in [0.25, 0.3) is 0 Å². The van der Waals surface area contributed by atoms with Crippen molar-refractivity contribution in [3.05, 3.63) is 99.9 Å². The molecule has 0 aliphatic carbocycles. The number of nitrogens with zero attached hydrogens (tertiary/aromatic N) is 1. The van der Waals surface area contributed by atoms with Crippen LogP contribution in [0, 0.1) is 0 Å². The van der Waals surface area contributed by atoms with Crippen LogP contribution in [-0.2, 0) is 0 Å². The molecule has 0 saturated carbocycles. The van der Waals surface area contributed by atoms with Gasteiger partial charge in [-0.3, -0.25) is 0 Å². The second-order valence-corrected chi connectivity index (χ2v) is 8.48. The maximum absolute atomic E-state index is 6.17. The maximum Gasteiger partial charge on any atom is 0.105 e. The van der Waals surface area contributed by atoms with E-state index in [-0.39, 0.29) is 0 Å². The molecule has 0 spiro atoms. The summed E-state index contributed by atoms with van der Waals surface area (Å²) in [6, 6.07) is 25.8.